The van der Waals surface area contributed by atoms with Gasteiger partial charge in [0.1, 0.15) is 0 Å². The molecule has 0 unspecified atom stereocenters. The molecule has 7 heteroatoms. The smallest absolute Gasteiger partial charge is 0.226 e. The summed E-state index contributed by atoms with van der Waals surface area (Å²) in [6.07, 6.45) is 8.54. The number of likely N-dealkylation sites (tertiary alicyclic amines) is 2. The van der Waals surface area contributed by atoms with Crippen LogP contribution in [0.1, 0.15) is 70.8 Å². The molecule has 0 aliphatic carbocycles. The quantitative estimate of drug-likeness (QED) is 0.525. The van der Waals surface area contributed by atoms with E-state index in [1.54, 1.807) is 0 Å². The first-order valence-electron chi connectivity index (χ1n) is 14.0. The molecule has 194 valence electrons. The second-order valence-electron chi connectivity index (χ2n) is 10.5. The Bertz CT molecular complexity index is 830. The molecule has 3 aliphatic rings. The van der Waals surface area contributed by atoms with E-state index in [9.17, 15) is 9.59 Å². The monoisotopic (exact) mass is 483 g/mol. The van der Waals surface area contributed by atoms with Crippen molar-refractivity contribution >= 4 is 17.5 Å². The normalized spacial score (nSPS) is 20.9. The van der Waals surface area contributed by atoms with E-state index in [1.165, 1.54) is 24.1 Å². The van der Waals surface area contributed by atoms with Crippen LogP contribution in [0.15, 0.2) is 24.3 Å². The van der Waals surface area contributed by atoms with Crippen LogP contribution < -0.4 is 10.7 Å². The maximum Gasteiger partial charge on any atom is 0.226 e. The lowest BCUT2D eigenvalue weighted by atomic mass is 9.96. The lowest BCUT2D eigenvalue weighted by molar-refractivity contribution is -0.142. The number of hydrogen-bond donors (Lipinski definition) is 2. The summed E-state index contributed by atoms with van der Waals surface area (Å²) in [5.74, 6) is 0.140. The molecule has 1 aromatic rings. The fourth-order valence-electron chi connectivity index (χ4n) is 5.79. The molecule has 0 bridgehead atoms. The molecule has 7 nitrogen and oxygen atoms in total. The molecule has 0 radical (unpaired) electrons. The molecule has 2 N–H and O–H groups in total. The van der Waals surface area contributed by atoms with Gasteiger partial charge in [0.05, 0.1) is 5.69 Å². The van der Waals surface area contributed by atoms with Crippen LogP contribution in [0.25, 0.3) is 0 Å². The highest BCUT2D eigenvalue weighted by molar-refractivity contribution is 5.86. The van der Waals surface area contributed by atoms with Crippen LogP contribution in [0.2, 0.25) is 0 Å². The Hall–Kier alpha value is -2.12. The maximum absolute atomic E-state index is 13.2. The Balaban J connectivity index is 1.20. The van der Waals surface area contributed by atoms with E-state index in [0.29, 0.717) is 18.5 Å². The molecule has 2 fully saturated rings. The molecule has 0 saturated carbocycles. The number of hydrogen-bond acceptors (Lipinski definition) is 5. The number of carbonyl (C=O) groups is 2. The van der Waals surface area contributed by atoms with E-state index in [2.05, 4.69) is 46.9 Å². The molecular formula is C28H45N5O2. The Kier molecular flexibility index (Phi) is 9.44. The van der Waals surface area contributed by atoms with Crippen molar-refractivity contribution in [2.75, 3.05) is 44.7 Å². The molecule has 3 aliphatic heterocycles. The number of rotatable bonds is 9. The second kappa shape index (κ2) is 12.7. The molecule has 0 aromatic heterocycles. The summed E-state index contributed by atoms with van der Waals surface area (Å²) in [7, 11) is 0. The van der Waals surface area contributed by atoms with Crippen molar-refractivity contribution in [3.63, 3.8) is 0 Å². The molecule has 35 heavy (non-hydrogen) atoms. The average molecular weight is 484 g/mol. The Labute approximate surface area is 211 Å². The van der Waals surface area contributed by atoms with Crippen molar-refractivity contribution < 1.29 is 9.59 Å². The zero-order valence-electron chi connectivity index (χ0n) is 21.8. The highest BCUT2D eigenvalue weighted by Gasteiger charge is 2.32. The van der Waals surface area contributed by atoms with Crippen LogP contribution in [-0.2, 0) is 16.0 Å². The van der Waals surface area contributed by atoms with Crippen molar-refractivity contribution in [2.45, 2.75) is 83.7 Å². The summed E-state index contributed by atoms with van der Waals surface area (Å²) in [5, 5.41) is 5.99. The summed E-state index contributed by atoms with van der Waals surface area (Å²) in [6.45, 7) is 9.51. The highest BCUT2D eigenvalue weighted by atomic mass is 16.2. The third-order valence-corrected chi connectivity index (χ3v) is 8.19. The predicted octanol–water partition coefficient (Wildman–Crippen LogP) is 3.66. The van der Waals surface area contributed by atoms with Crippen LogP contribution in [0.5, 0.6) is 0 Å². The van der Waals surface area contributed by atoms with Gasteiger partial charge in [-0.05, 0) is 63.1 Å². The molecule has 1 aromatic carbocycles. The number of carbonyl (C=O) groups excluding carboxylic acids is 2. The van der Waals surface area contributed by atoms with Gasteiger partial charge in [0.25, 0.3) is 0 Å². The van der Waals surface area contributed by atoms with Gasteiger partial charge in [0.15, 0.2) is 0 Å². The largest absolute Gasteiger partial charge is 0.343 e. The van der Waals surface area contributed by atoms with Crippen LogP contribution in [0.4, 0.5) is 5.69 Å². The van der Waals surface area contributed by atoms with E-state index < -0.39 is 0 Å². The van der Waals surface area contributed by atoms with Crippen LogP contribution in [0.3, 0.4) is 0 Å². The summed E-state index contributed by atoms with van der Waals surface area (Å²) < 4.78 is 0. The van der Waals surface area contributed by atoms with Crippen molar-refractivity contribution in [1.29, 1.82) is 0 Å². The number of piperidine rings is 2. The van der Waals surface area contributed by atoms with Gasteiger partial charge >= 0.3 is 0 Å². The van der Waals surface area contributed by atoms with E-state index in [1.807, 2.05) is 16.7 Å². The van der Waals surface area contributed by atoms with Gasteiger partial charge in [-0.3, -0.25) is 9.59 Å². The SMILES string of the molecule is CCCCNC1CCN(C(=O)[C@@H](CC)CC(=O)N2CCC(N3CCc4ccccc4N3)CC2)CC1. The van der Waals surface area contributed by atoms with Crippen molar-refractivity contribution in [3.05, 3.63) is 29.8 Å². The van der Waals surface area contributed by atoms with Gasteiger partial charge in [-0.1, -0.05) is 38.5 Å². The minimum Gasteiger partial charge on any atom is -0.343 e. The molecule has 1 atom stereocenters. The molecule has 3 heterocycles. The number of nitrogens with zero attached hydrogens (tertiary/aromatic N) is 3. The lowest BCUT2D eigenvalue weighted by Gasteiger charge is -2.41. The van der Waals surface area contributed by atoms with E-state index in [0.717, 1.165) is 77.8 Å². The van der Waals surface area contributed by atoms with Crippen LogP contribution in [0, 0.1) is 5.92 Å². The number of para-hydroxylation sites is 1. The fraction of sp³-hybridized carbons (Fsp3) is 0.714. The summed E-state index contributed by atoms with van der Waals surface area (Å²) >= 11 is 0. The minimum atomic E-state index is -0.190. The zero-order valence-corrected chi connectivity index (χ0v) is 21.8. The Morgan fingerprint density at radius 1 is 1.00 bits per heavy atom. The fourth-order valence-corrected chi connectivity index (χ4v) is 5.79. The lowest BCUT2D eigenvalue weighted by Crippen LogP contribution is -2.51. The molecular weight excluding hydrogens is 438 g/mol. The summed E-state index contributed by atoms with van der Waals surface area (Å²) in [6, 6.07) is 9.49. The van der Waals surface area contributed by atoms with Gasteiger partial charge < -0.3 is 20.5 Å². The summed E-state index contributed by atoms with van der Waals surface area (Å²) in [4.78, 5) is 30.3. The zero-order chi connectivity index (χ0) is 24.6. The standard InChI is InChI=1S/C28H45N5O2/c1-3-5-15-29-24-11-16-32(17-12-24)28(35)22(4-2)21-27(34)31-18-13-25(14-19-31)33-20-10-23-8-6-7-9-26(23)30-33/h6-9,22,24-25,29-30H,3-5,10-21H2,1-2H3/t22-/m0/s1. The minimum absolute atomic E-state index is 0.150. The number of amides is 2. The third kappa shape index (κ3) is 6.76. The molecule has 2 saturated heterocycles. The van der Waals surface area contributed by atoms with Gasteiger partial charge in [-0.15, -0.1) is 0 Å². The topological polar surface area (TPSA) is 67.9 Å². The maximum atomic E-state index is 13.2. The Morgan fingerprint density at radius 2 is 1.71 bits per heavy atom. The number of anilines is 1. The first-order chi connectivity index (χ1) is 17.1. The van der Waals surface area contributed by atoms with E-state index in [-0.39, 0.29) is 17.7 Å². The van der Waals surface area contributed by atoms with Crippen molar-refractivity contribution in [1.82, 2.24) is 20.1 Å². The van der Waals surface area contributed by atoms with Crippen LogP contribution in [-0.4, -0.2) is 78.0 Å². The number of benzene rings is 1. The molecule has 4 rings (SSSR count). The molecule has 2 amide bonds. The average Bonchev–Trinajstić information content (AvgIpc) is 2.91. The second-order valence-corrected chi connectivity index (χ2v) is 10.5. The van der Waals surface area contributed by atoms with Gasteiger partial charge in [0, 0.05) is 57.1 Å². The van der Waals surface area contributed by atoms with Crippen molar-refractivity contribution in [3.8, 4) is 0 Å². The van der Waals surface area contributed by atoms with Crippen LogP contribution >= 0.6 is 0 Å². The molecule has 0 spiro atoms. The third-order valence-electron chi connectivity index (χ3n) is 8.19. The predicted molar refractivity (Wildman–Crippen MR) is 141 cm³/mol. The van der Waals surface area contributed by atoms with Gasteiger partial charge in [-0.2, -0.15) is 0 Å². The van der Waals surface area contributed by atoms with E-state index >= 15 is 0 Å². The first kappa shape index (κ1) is 26.0. The van der Waals surface area contributed by atoms with Gasteiger partial charge in [0.2, 0.25) is 11.8 Å². The number of unbranched alkanes of at least 4 members (excludes halogenated alkanes) is 1. The first-order valence-corrected chi connectivity index (χ1v) is 14.0. The Morgan fingerprint density at radius 3 is 2.43 bits per heavy atom. The highest BCUT2D eigenvalue weighted by Crippen LogP contribution is 2.26. The summed E-state index contributed by atoms with van der Waals surface area (Å²) in [5.41, 5.74) is 6.18. The van der Waals surface area contributed by atoms with Gasteiger partial charge in [-0.25, -0.2) is 5.01 Å². The number of fused-ring (bicyclic) bond motifs is 1. The van der Waals surface area contributed by atoms with E-state index in [4.69, 9.17) is 0 Å². The van der Waals surface area contributed by atoms with Crippen molar-refractivity contribution in [2.24, 2.45) is 5.92 Å². The number of hydrazine groups is 1. The number of nitrogens with one attached hydrogen (secondary N) is 2.